The van der Waals surface area contributed by atoms with E-state index in [-0.39, 0.29) is 12.3 Å². The van der Waals surface area contributed by atoms with Crippen LogP contribution in [0.5, 0.6) is 0 Å². The molecule has 0 aromatic rings. The van der Waals surface area contributed by atoms with Gasteiger partial charge in [0.25, 0.3) is 0 Å². The molecule has 0 saturated carbocycles. The summed E-state index contributed by atoms with van der Waals surface area (Å²) in [5.74, 6) is -0.612. The van der Waals surface area contributed by atoms with Crippen LogP contribution in [-0.2, 0) is 9.59 Å². The van der Waals surface area contributed by atoms with Crippen LogP contribution in [0.4, 0.5) is 0 Å². The first-order chi connectivity index (χ1) is 9.11. The molecule has 0 aliphatic heterocycles. The summed E-state index contributed by atoms with van der Waals surface area (Å²) < 4.78 is 0. The number of carbonyl (C=O) groups is 2. The SMILES string of the molecule is CCCCCCCN(CC)C(=O)CCCCC(=O)O. The molecule has 0 aromatic heterocycles. The molecule has 0 aliphatic carbocycles. The van der Waals surface area contributed by atoms with Crippen LogP contribution in [0.3, 0.4) is 0 Å². The fourth-order valence-electron chi connectivity index (χ4n) is 2.08. The van der Waals surface area contributed by atoms with E-state index >= 15 is 0 Å². The monoisotopic (exact) mass is 271 g/mol. The van der Waals surface area contributed by atoms with E-state index in [1.807, 2.05) is 11.8 Å². The van der Waals surface area contributed by atoms with Crippen molar-refractivity contribution in [2.24, 2.45) is 0 Å². The molecule has 19 heavy (non-hydrogen) atoms. The Kier molecular flexibility index (Phi) is 11.3. The molecule has 0 bridgehead atoms. The molecule has 0 aromatic carbocycles. The number of nitrogens with zero attached hydrogens (tertiary/aromatic N) is 1. The van der Waals surface area contributed by atoms with Crippen molar-refractivity contribution in [1.29, 1.82) is 0 Å². The fraction of sp³-hybridized carbons (Fsp3) is 0.867. The van der Waals surface area contributed by atoms with Crippen molar-refractivity contribution < 1.29 is 14.7 Å². The highest BCUT2D eigenvalue weighted by Gasteiger charge is 2.10. The van der Waals surface area contributed by atoms with Crippen molar-refractivity contribution in [2.75, 3.05) is 13.1 Å². The minimum atomic E-state index is -0.782. The lowest BCUT2D eigenvalue weighted by Gasteiger charge is -2.20. The number of carboxylic acids is 1. The van der Waals surface area contributed by atoms with Crippen LogP contribution in [0, 0.1) is 0 Å². The fourth-order valence-corrected chi connectivity index (χ4v) is 2.08. The quantitative estimate of drug-likeness (QED) is 0.553. The molecule has 0 spiro atoms. The standard InChI is InChI=1S/C15H29NO3/c1-3-5-6-7-10-13-16(4-2)14(17)11-8-9-12-15(18)19/h3-13H2,1-2H3,(H,18,19). The third kappa shape index (κ3) is 10.5. The maximum Gasteiger partial charge on any atom is 0.303 e. The minimum Gasteiger partial charge on any atom is -0.481 e. The Labute approximate surface area is 117 Å². The van der Waals surface area contributed by atoms with Crippen LogP contribution >= 0.6 is 0 Å². The number of aliphatic carboxylic acids is 1. The largest absolute Gasteiger partial charge is 0.481 e. The normalized spacial score (nSPS) is 10.4. The number of carboxylic acid groups (broad SMARTS) is 1. The van der Waals surface area contributed by atoms with Gasteiger partial charge in [-0.3, -0.25) is 9.59 Å². The number of hydrogen-bond donors (Lipinski definition) is 1. The molecule has 1 amide bonds. The first-order valence-electron chi connectivity index (χ1n) is 7.61. The number of hydrogen-bond acceptors (Lipinski definition) is 2. The number of carbonyl (C=O) groups excluding carboxylic acids is 1. The van der Waals surface area contributed by atoms with Gasteiger partial charge in [0.2, 0.25) is 5.91 Å². The lowest BCUT2D eigenvalue weighted by atomic mass is 10.1. The summed E-state index contributed by atoms with van der Waals surface area (Å²) in [6, 6.07) is 0. The lowest BCUT2D eigenvalue weighted by Crippen LogP contribution is -2.31. The van der Waals surface area contributed by atoms with E-state index < -0.39 is 5.97 Å². The third-order valence-corrected chi connectivity index (χ3v) is 3.30. The molecule has 0 saturated heterocycles. The van der Waals surface area contributed by atoms with Crippen LogP contribution in [0.15, 0.2) is 0 Å². The van der Waals surface area contributed by atoms with Gasteiger partial charge < -0.3 is 10.0 Å². The summed E-state index contributed by atoms with van der Waals surface area (Å²) in [5, 5.41) is 8.53. The Morgan fingerprint density at radius 2 is 1.53 bits per heavy atom. The van der Waals surface area contributed by atoms with Crippen molar-refractivity contribution >= 4 is 11.9 Å². The average molecular weight is 271 g/mol. The van der Waals surface area contributed by atoms with Crippen molar-refractivity contribution in [1.82, 2.24) is 4.90 Å². The molecular weight excluding hydrogens is 242 g/mol. The number of unbranched alkanes of at least 4 members (excludes halogenated alkanes) is 5. The predicted octanol–water partition coefficient (Wildman–Crippen LogP) is 3.45. The van der Waals surface area contributed by atoms with Crippen LogP contribution < -0.4 is 0 Å². The summed E-state index contributed by atoms with van der Waals surface area (Å²) in [6.07, 6.45) is 7.94. The molecule has 0 heterocycles. The molecule has 0 aliphatic rings. The van der Waals surface area contributed by atoms with E-state index in [2.05, 4.69) is 6.92 Å². The zero-order valence-corrected chi connectivity index (χ0v) is 12.5. The summed E-state index contributed by atoms with van der Waals surface area (Å²) >= 11 is 0. The van der Waals surface area contributed by atoms with Gasteiger partial charge in [-0.15, -0.1) is 0 Å². The Morgan fingerprint density at radius 1 is 0.895 bits per heavy atom. The van der Waals surface area contributed by atoms with Gasteiger partial charge in [0.1, 0.15) is 0 Å². The molecule has 0 atom stereocenters. The van der Waals surface area contributed by atoms with Crippen molar-refractivity contribution in [3.8, 4) is 0 Å². The Hall–Kier alpha value is -1.06. The summed E-state index contributed by atoms with van der Waals surface area (Å²) in [5.41, 5.74) is 0. The highest BCUT2D eigenvalue weighted by atomic mass is 16.4. The van der Waals surface area contributed by atoms with E-state index in [9.17, 15) is 9.59 Å². The van der Waals surface area contributed by atoms with Gasteiger partial charge in [-0.05, 0) is 26.2 Å². The second kappa shape index (κ2) is 12.0. The highest BCUT2D eigenvalue weighted by Crippen LogP contribution is 2.07. The molecule has 0 radical (unpaired) electrons. The van der Waals surface area contributed by atoms with Crippen LogP contribution in [0.2, 0.25) is 0 Å². The molecule has 0 rings (SSSR count). The first kappa shape index (κ1) is 17.9. The lowest BCUT2D eigenvalue weighted by molar-refractivity contribution is -0.137. The smallest absolute Gasteiger partial charge is 0.303 e. The maximum atomic E-state index is 11.9. The van der Waals surface area contributed by atoms with E-state index in [1.165, 1.54) is 25.7 Å². The highest BCUT2D eigenvalue weighted by molar-refractivity contribution is 5.76. The average Bonchev–Trinajstić information content (AvgIpc) is 2.38. The molecule has 1 N–H and O–H groups in total. The summed E-state index contributed by atoms with van der Waals surface area (Å²) in [6.45, 7) is 5.80. The molecule has 4 heteroatoms. The van der Waals surface area contributed by atoms with Crippen molar-refractivity contribution in [3.05, 3.63) is 0 Å². The number of rotatable bonds is 12. The Bertz CT molecular complexity index is 254. The van der Waals surface area contributed by atoms with Gasteiger partial charge in [-0.1, -0.05) is 32.6 Å². The Morgan fingerprint density at radius 3 is 2.11 bits per heavy atom. The van der Waals surface area contributed by atoms with Gasteiger partial charge in [0, 0.05) is 25.9 Å². The topological polar surface area (TPSA) is 57.6 Å². The predicted molar refractivity (Wildman–Crippen MR) is 77.1 cm³/mol. The van der Waals surface area contributed by atoms with Crippen LogP contribution in [-0.4, -0.2) is 35.0 Å². The first-order valence-corrected chi connectivity index (χ1v) is 7.61. The minimum absolute atomic E-state index is 0.163. The van der Waals surface area contributed by atoms with Gasteiger partial charge in [0.05, 0.1) is 0 Å². The Balaban J connectivity index is 3.69. The molecule has 0 unspecified atom stereocenters. The third-order valence-electron chi connectivity index (χ3n) is 3.30. The molecular formula is C15H29NO3. The van der Waals surface area contributed by atoms with Gasteiger partial charge in [-0.25, -0.2) is 0 Å². The molecule has 4 nitrogen and oxygen atoms in total. The second-order valence-corrected chi connectivity index (χ2v) is 4.99. The second-order valence-electron chi connectivity index (χ2n) is 4.99. The van der Waals surface area contributed by atoms with Gasteiger partial charge in [0.15, 0.2) is 0 Å². The summed E-state index contributed by atoms with van der Waals surface area (Å²) in [7, 11) is 0. The number of amides is 1. The van der Waals surface area contributed by atoms with Gasteiger partial charge in [-0.2, -0.15) is 0 Å². The van der Waals surface area contributed by atoms with Crippen LogP contribution in [0.25, 0.3) is 0 Å². The van der Waals surface area contributed by atoms with E-state index in [0.29, 0.717) is 19.3 Å². The van der Waals surface area contributed by atoms with Crippen molar-refractivity contribution in [2.45, 2.75) is 71.6 Å². The summed E-state index contributed by atoms with van der Waals surface area (Å²) in [4.78, 5) is 24.2. The van der Waals surface area contributed by atoms with Crippen LogP contribution in [0.1, 0.15) is 71.6 Å². The van der Waals surface area contributed by atoms with E-state index in [0.717, 1.165) is 19.5 Å². The van der Waals surface area contributed by atoms with E-state index in [4.69, 9.17) is 5.11 Å². The zero-order chi connectivity index (χ0) is 14.5. The zero-order valence-electron chi connectivity index (χ0n) is 12.5. The van der Waals surface area contributed by atoms with Crippen molar-refractivity contribution in [3.63, 3.8) is 0 Å². The van der Waals surface area contributed by atoms with Gasteiger partial charge >= 0.3 is 5.97 Å². The maximum absolute atomic E-state index is 11.9. The molecule has 112 valence electrons. The molecule has 0 fully saturated rings. The van der Waals surface area contributed by atoms with E-state index in [1.54, 1.807) is 0 Å².